The van der Waals surface area contributed by atoms with Gasteiger partial charge in [0.05, 0.1) is 12.4 Å². The average Bonchev–Trinajstić information content (AvgIpc) is 3.05. The molecule has 0 unspecified atom stereocenters. The van der Waals surface area contributed by atoms with Crippen molar-refractivity contribution in [3.05, 3.63) is 42.5 Å². The van der Waals surface area contributed by atoms with Crippen LogP contribution in [-0.4, -0.2) is 63.8 Å². The van der Waals surface area contributed by atoms with E-state index in [0.717, 1.165) is 18.7 Å². The number of hydrogen-bond donors (Lipinski definition) is 2. The van der Waals surface area contributed by atoms with Gasteiger partial charge in [-0.05, 0) is 36.2 Å². The van der Waals surface area contributed by atoms with Gasteiger partial charge in [0.15, 0.2) is 5.96 Å². The summed E-state index contributed by atoms with van der Waals surface area (Å²) in [5.41, 5.74) is 0. The van der Waals surface area contributed by atoms with E-state index in [1.807, 2.05) is 25.1 Å². The molecule has 1 heterocycles. The summed E-state index contributed by atoms with van der Waals surface area (Å²) in [6.07, 6.45) is 1.51. The van der Waals surface area contributed by atoms with Gasteiger partial charge in [-0.2, -0.15) is 0 Å². The van der Waals surface area contributed by atoms with E-state index in [4.69, 9.17) is 4.74 Å². The molecule has 0 aliphatic carbocycles. The lowest BCUT2D eigenvalue weighted by Crippen LogP contribution is -2.42. The van der Waals surface area contributed by atoms with E-state index in [1.54, 1.807) is 4.31 Å². The highest BCUT2D eigenvalue weighted by Gasteiger charge is 2.27. The molecule has 1 fully saturated rings. The molecule has 0 radical (unpaired) electrons. The second-order valence-electron chi connectivity index (χ2n) is 6.97. The number of benzene rings is 2. The maximum absolute atomic E-state index is 11.8. The van der Waals surface area contributed by atoms with Crippen molar-refractivity contribution in [1.82, 2.24) is 14.9 Å². The summed E-state index contributed by atoms with van der Waals surface area (Å²) in [6.45, 7) is 5.60. The minimum atomic E-state index is -3.05. The molecule has 0 bridgehead atoms. The molecule has 0 atom stereocenters. The monoisotopic (exact) mass is 546 g/mol. The van der Waals surface area contributed by atoms with Crippen LogP contribution < -0.4 is 15.4 Å². The van der Waals surface area contributed by atoms with Crippen LogP contribution in [0.3, 0.4) is 0 Å². The number of fused-ring (bicyclic) bond motifs is 1. The smallest absolute Gasteiger partial charge is 0.214 e. The van der Waals surface area contributed by atoms with Gasteiger partial charge in [0.1, 0.15) is 5.75 Å². The van der Waals surface area contributed by atoms with Gasteiger partial charge in [0.25, 0.3) is 0 Å². The number of halogens is 1. The summed E-state index contributed by atoms with van der Waals surface area (Å²) < 4.78 is 31.1. The molecule has 1 aliphatic rings. The number of sulfonamides is 1. The predicted octanol–water partition coefficient (Wildman–Crippen LogP) is 2.82. The Kier molecular flexibility index (Phi) is 10.1. The summed E-state index contributed by atoms with van der Waals surface area (Å²) in [5, 5.41) is 8.76. The number of nitrogens with zero attached hydrogens (tertiary/aromatic N) is 2. The van der Waals surface area contributed by atoms with E-state index >= 15 is 0 Å². The van der Waals surface area contributed by atoms with Crippen LogP contribution in [0.5, 0.6) is 5.75 Å². The van der Waals surface area contributed by atoms with E-state index in [2.05, 4.69) is 39.9 Å². The van der Waals surface area contributed by atoms with E-state index in [-0.39, 0.29) is 29.7 Å². The van der Waals surface area contributed by atoms with Crippen LogP contribution >= 0.6 is 24.0 Å². The molecule has 0 saturated carbocycles. The Morgan fingerprint density at radius 3 is 2.70 bits per heavy atom. The largest absolute Gasteiger partial charge is 0.494 e. The first kappa shape index (κ1) is 24.7. The zero-order valence-corrected chi connectivity index (χ0v) is 20.5. The number of ether oxygens (including phenoxy) is 1. The molecule has 9 heteroatoms. The van der Waals surface area contributed by atoms with Gasteiger partial charge in [0.2, 0.25) is 10.0 Å². The molecular formula is C21H31IN4O3S. The third-order valence-electron chi connectivity index (χ3n) is 4.76. The van der Waals surface area contributed by atoms with Gasteiger partial charge < -0.3 is 15.4 Å². The zero-order chi connectivity index (χ0) is 20.5. The molecule has 7 nitrogen and oxygen atoms in total. The maximum atomic E-state index is 11.8. The van der Waals surface area contributed by atoms with Crippen LogP contribution in [0.2, 0.25) is 0 Å². The zero-order valence-electron chi connectivity index (χ0n) is 17.3. The first-order valence-corrected chi connectivity index (χ1v) is 11.8. The van der Waals surface area contributed by atoms with E-state index in [0.29, 0.717) is 45.2 Å². The number of nitrogens with one attached hydrogen (secondary N) is 2. The Morgan fingerprint density at radius 2 is 1.97 bits per heavy atom. The Morgan fingerprint density at radius 1 is 1.17 bits per heavy atom. The van der Waals surface area contributed by atoms with Crippen molar-refractivity contribution in [3.63, 3.8) is 0 Å². The van der Waals surface area contributed by atoms with E-state index in [1.165, 1.54) is 10.8 Å². The number of guanidine groups is 1. The Balaban J connectivity index is 0.00000320. The molecule has 0 amide bonds. The molecule has 30 heavy (non-hydrogen) atoms. The molecule has 1 aliphatic heterocycles. The number of aliphatic imine (C=N–C) groups is 1. The van der Waals surface area contributed by atoms with Gasteiger partial charge in [-0.15, -0.1) is 24.0 Å². The first-order chi connectivity index (χ1) is 14.1. The Hall–Kier alpha value is -1.59. The number of rotatable bonds is 9. The third-order valence-corrected chi connectivity index (χ3v) is 6.72. The lowest BCUT2D eigenvalue weighted by molar-refractivity contribution is 0.314. The Bertz CT molecular complexity index is 937. The first-order valence-electron chi connectivity index (χ1n) is 10.2. The van der Waals surface area contributed by atoms with Crippen molar-refractivity contribution in [2.75, 3.05) is 45.1 Å². The molecule has 0 aromatic heterocycles. The molecule has 2 aromatic carbocycles. The fourth-order valence-electron chi connectivity index (χ4n) is 3.29. The van der Waals surface area contributed by atoms with Gasteiger partial charge in [0, 0.05) is 39.1 Å². The molecule has 1 saturated heterocycles. The van der Waals surface area contributed by atoms with E-state index in [9.17, 15) is 8.42 Å². The normalized spacial score (nSPS) is 16.2. The van der Waals surface area contributed by atoms with Crippen LogP contribution in [0.4, 0.5) is 0 Å². The molecule has 2 N–H and O–H groups in total. The quantitative estimate of drug-likeness (QED) is 0.219. The van der Waals surface area contributed by atoms with Crippen molar-refractivity contribution in [2.24, 2.45) is 4.99 Å². The van der Waals surface area contributed by atoms with Crippen molar-refractivity contribution >= 4 is 50.7 Å². The van der Waals surface area contributed by atoms with Gasteiger partial charge in [-0.25, -0.2) is 12.7 Å². The fraction of sp³-hybridized carbons (Fsp3) is 0.476. The molecular weight excluding hydrogens is 515 g/mol. The highest BCUT2D eigenvalue weighted by atomic mass is 127. The van der Waals surface area contributed by atoms with Crippen LogP contribution in [0.15, 0.2) is 47.5 Å². The summed E-state index contributed by atoms with van der Waals surface area (Å²) in [7, 11) is -3.05. The molecule has 3 rings (SSSR count). The molecule has 166 valence electrons. The van der Waals surface area contributed by atoms with Crippen LogP contribution in [0, 0.1) is 0 Å². The second-order valence-corrected chi connectivity index (χ2v) is 9.06. The third kappa shape index (κ3) is 7.28. The van der Waals surface area contributed by atoms with Gasteiger partial charge in [-0.3, -0.25) is 4.99 Å². The van der Waals surface area contributed by atoms with Crippen LogP contribution in [0.1, 0.15) is 19.8 Å². The maximum Gasteiger partial charge on any atom is 0.214 e. The minimum absolute atomic E-state index is 0. The highest BCUT2D eigenvalue weighted by molar-refractivity contribution is 14.0. The molecule has 2 aromatic rings. The van der Waals surface area contributed by atoms with E-state index < -0.39 is 10.0 Å². The van der Waals surface area contributed by atoms with Crippen molar-refractivity contribution in [1.29, 1.82) is 0 Å². The van der Waals surface area contributed by atoms with Crippen LogP contribution in [0.25, 0.3) is 10.8 Å². The summed E-state index contributed by atoms with van der Waals surface area (Å²) in [4.78, 5) is 4.54. The SMILES string of the molecule is CCNC(=NCCCOc1ccc2ccccc2c1)NCCN1CCCS1(=O)=O.I. The summed E-state index contributed by atoms with van der Waals surface area (Å²) in [6, 6.07) is 14.3. The standard InChI is InChI=1S/C21H30N4O3S.HI/c1-2-22-21(24-12-14-25-13-6-16-29(25,26)27)23-11-5-15-28-20-10-9-18-7-3-4-8-19(18)17-20;/h3-4,7-10,17H,2,5-6,11-16H2,1H3,(H2,22,23,24);1H. The molecule has 0 spiro atoms. The van der Waals surface area contributed by atoms with Crippen molar-refractivity contribution in [2.45, 2.75) is 19.8 Å². The highest BCUT2D eigenvalue weighted by Crippen LogP contribution is 2.20. The van der Waals surface area contributed by atoms with Crippen molar-refractivity contribution in [3.8, 4) is 5.75 Å². The minimum Gasteiger partial charge on any atom is -0.494 e. The summed E-state index contributed by atoms with van der Waals surface area (Å²) >= 11 is 0. The predicted molar refractivity (Wildman–Crippen MR) is 133 cm³/mol. The topological polar surface area (TPSA) is 83.0 Å². The fourth-order valence-corrected chi connectivity index (χ4v) is 4.81. The van der Waals surface area contributed by atoms with Gasteiger partial charge >= 0.3 is 0 Å². The average molecular weight is 546 g/mol. The number of hydrogen-bond acceptors (Lipinski definition) is 4. The summed E-state index contributed by atoms with van der Waals surface area (Å²) in [5.74, 6) is 1.83. The Labute approximate surface area is 196 Å². The van der Waals surface area contributed by atoms with Crippen molar-refractivity contribution < 1.29 is 13.2 Å². The van der Waals surface area contributed by atoms with Crippen LogP contribution in [-0.2, 0) is 10.0 Å². The second kappa shape index (κ2) is 12.3. The lowest BCUT2D eigenvalue weighted by Gasteiger charge is -2.16. The lowest BCUT2D eigenvalue weighted by atomic mass is 10.1. The van der Waals surface area contributed by atoms with Gasteiger partial charge in [-0.1, -0.05) is 30.3 Å².